The Morgan fingerprint density at radius 2 is 1.86 bits per heavy atom. The lowest BCUT2D eigenvalue weighted by molar-refractivity contribution is -0.137. The lowest BCUT2D eigenvalue weighted by Gasteiger charge is -2.20. The number of halogens is 3. The van der Waals surface area contributed by atoms with E-state index in [2.05, 4.69) is 4.98 Å². The summed E-state index contributed by atoms with van der Waals surface area (Å²) in [6, 6.07) is 3.74. The number of rotatable bonds is 4. The first-order valence-corrected chi connectivity index (χ1v) is 7.21. The molecule has 22 heavy (non-hydrogen) atoms. The fraction of sp³-hybridized carbons (Fsp3) is 0.562. The van der Waals surface area contributed by atoms with E-state index >= 15 is 0 Å². The highest BCUT2D eigenvalue weighted by molar-refractivity contribution is 5.77. The van der Waals surface area contributed by atoms with Crippen molar-refractivity contribution in [1.29, 1.82) is 0 Å². The normalized spacial score (nSPS) is 13.0. The fourth-order valence-electron chi connectivity index (χ4n) is 2.47. The van der Waals surface area contributed by atoms with E-state index in [0.717, 1.165) is 29.9 Å². The number of fused-ring (bicyclic) bond motifs is 1. The first-order chi connectivity index (χ1) is 10.1. The molecular weight excluding hydrogens is 293 g/mol. The van der Waals surface area contributed by atoms with Crippen molar-refractivity contribution in [3.63, 3.8) is 0 Å². The average Bonchev–Trinajstić information content (AvgIpc) is 2.76. The van der Waals surface area contributed by atoms with Gasteiger partial charge in [-0.25, -0.2) is 4.98 Å². The number of ether oxygens (including phenoxy) is 1. The third-order valence-corrected chi connectivity index (χ3v) is 3.48. The van der Waals surface area contributed by atoms with Crippen LogP contribution < -0.4 is 0 Å². The van der Waals surface area contributed by atoms with Crippen molar-refractivity contribution in [1.82, 2.24) is 9.55 Å². The zero-order chi connectivity index (χ0) is 16.5. The molecule has 0 aliphatic heterocycles. The molecule has 0 aliphatic rings. The number of alkyl halides is 3. The second-order valence-electron chi connectivity index (χ2n) is 6.38. The molecule has 0 aliphatic carbocycles. The van der Waals surface area contributed by atoms with E-state index < -0.39 is 11.7 Å². The van der Waals surface area contributed by atoms with Gasteiger partial charge in [0.05, 0.1) is 16.6 Å². The second-order valence-corrected chi connectivity index (χ2v) is 6.38. The zero-order valence-corrected chi connectivity index (χ0v) is 13.3. The highest BCUT2D eigenvalue weighted by atomic mass is 19.4. The quantitative estimate of drug-likeness (QED) is 0.783. The smallest absolute Gasteiger partial charge is 0.385 e. The molecule has 0 fully saturated rings. The maximum atomic E-state index is 12.9. The van der Waals surface area contributed by atoms with Crippen molar-refractivity contribution in [2.45, 2.75) is 45.3 Å². The minimum Gasteiger partial charge on any atom is -0.385 e. The number of methoxy groups -OCH3 is 1. The number of aromatic nitrogens is 2. The lowest BCUT2D eigenvalue weighted by Crippen LogP contribution is -2.19. The predicted molar refractivity (Wildman–Crippen MR) is 79.9 cm³/mol. The highest BCUT2D eigenvalue weighted by Crippen LogP contribution is 2.33. The summed E-state index contributed by atoms with van der Waals surface area (Å²) >= 11 is 0. The molecule has 1 aromatic carbocycles. The van der Waals surface area contributed by atoms with Gasteiger partial charge in [0.1, 0.15) is 5.82 Å². The Morgan fingerprint density at radius 1 is 1.18 bits per heavy atom. The molecule has 0 saturated heterocycles. The van der Waals surface area contributed by atoms with Gasteiger partial charge in [0.25, 0.3) is 0 Å². The van der Waals surface area contributed by atoms with E-state index in [1.807, 2.05) is 25.3 Å². The molecule has 2 aromatic rings. The van der Waals surface area contributed by atoms with E-state index in [-0.39, 0.29) is 5.41 Å². The molecule has 6 heteroatoms. The molecule has 0 radical (unpaired) electrons. The van der Waals surface area contributed by atoms with Crippen LogP contribution in [0.3, 0.4) is 0 Å². The van der Waals surface area contributed by atoms with Gasteiger partial charge in [0.15, 0.2) is 0 Å². The summed E-state index contributed by atoms with van der Waals surface area (Å²) in [5.74, 6) is 0.790. The Labute approximate surface area is 128 Å². The number of imidazole rings is 1. The van der Waals surface area contributed by atoms with Crippen LogP contribution in [0.5, 0.6) is 0 Å². The molecule has 0 N–H and O–H groups in total. The SMILES string of the molecule is COCCCn1c(C(C)(C)C)nc2cc(C(F)(F)F)ccc21. The van der Waals surface area contributed by atoms with Crippen LogP contribution in [0.25, 0.3) is 11.0 Å². The Kier molecular flexibility index (Phi) is 4.52. The third-order valence-electron chi connectivity index (χ3n) is 3.48. The van der Waals surface area contributed by atoms with Gasteiger partial charge < -0.3 is 9.30 Å². The van der Waals surface area contributed by atoms with Crippen molar-refractivity contribution < 1.29 is 17.9 Å². The molecule has 2 rings (SSSR count). The number of benzene rings is 1. The first-order valence-electron chi connectivity index (χ1n) is 7.21. The largest absolute Gasteiger partial charge is 0.416 e. The van der Waals surface area contributed by atoms with Gasteiger partial charge in [-0.3, -0.25) is 0 Å². The van der Waals surface area contributed by atoms with Gasteiger partial charge in [-0.05, 0) is 24.6 Å². The molecule has 1 aromatic heterocycles. The Balaban J connectivity index is 2.54. The summed E-state index contributed by atoms with van der Waals surface area (Å²) in [6.45, 7) is 7.29. The van der Waals surface area contributed by atoms with E-state index in [9.17, 15) is 13.2 Å². The topological polar surface area (TPSA) is 27.1 Å². The summed E-state index contributed by atoms with van der Waals surface area (Å²) in [5, 5.41) is 0. The van der Waals surface area contributed by atoms with Crippen molar-refractivity contribution >= 4 is 11.0 Å². The summed E-state index contributed by atoms with van der Waals surface area (Å²) in [5.41, 5.74) is 0.206. The average molecular weight is 314 g/mol. The number of nitrogens with zero attached hydrogens (tertiary/aromatic N) is 2. The number of hydrogen-bond acceptors (Lipinski definition) is 2. The second kappa shape index (κ2) is 5.91. The summed E-state index contributed by atoms with van der Waals surface area (Å²) in [6.07, 6.45) is -3.57. The Bertz CT molecular complexity index is 654. The monoisotopic (exact) mass is 314 g/mol. The van der Waals surface area contributed by atoms with Crippen molar-refractivity contribution in [2.75, 3.05) is 13.7 Å². The minimum atomic E-state index is -4.35. The fourth-order valence-corrected chi connectivity index (χ4v) is 2.47. The Morgan fingerprint density at radius 3 is 2.41 bits per heavy atom. The van der Waals surface area contributed by atoms with E-state index in [4.69, 9.17) is 4.74 Å². The maximum Gasteiger partial charge on any atom is 0.416 e. The summed E-state index contributed by atoms with van der Waals surface area (Å²) < 4.78 is 45.6. The minimum absolute atomic E-state index is 0.246. The van der Waals surface area contributed by atoms with Crippen LogP contribution in [0.4, 0.5) is 13.2 Å². The Hall–Kier alpha value is -1.56. The van der Waals surface area contributed by atoms with E-state index in [1.165, 1.54) is 6.07 Å². The molecule has 1 heterocycles. The van der Waals surface area contributed by atoms with Gasteiger partial charge in [-0.1, -0.05) is 20.8 Å². The molecule has 0 bridgehead atoms. The van der Waals surface area contributed by atoms with Crippen LogP contribution >= 0.6 is 0 Å². The molecular formula is C16H21F3N2O. The van der Waals surface area contributed by atoms with Crippen LogP contribution in [-0.4, -0.2) is 23.3 Å². The lowest BCUT2D eigenvalue weighted by atomic mass is 9.95. The van der Waals surface area contributed by atoms with Gasteiger partial charge in [0.2, 0.25) is 0 Å². The molecule has 0 atom stereocenters. The molecule has 3 nitrogen and oxygen atoms in total. The molecule has 0 unspecified atom stereocenters. The van der Waals surface area contributed by atoms with Crippen LogP contribution in [0.15, 0.2) is 18.2 Å². The molecule has 0 spiro atoms. The number of hydrogen-bond donors (Lipinski definition) is 0. The van der Waals surface area contributed by atoms with Gasteiger partial charge in [-0.2, -0.15) is 13.2 Å². The predicted octanol–water partition coefficient (Wildman–Crippen LogP) is 4.39. The molecule has 0 amide bonds. The van der Waals surface area contributed by atoms with Crippen molar-refractivity contribution in [3.05, 3.63) is 29.6 Å². The molecule has 0 saturated carbocycles. The zero-order valence-electron chi connectivity index (χ0n) is 13.3. The van der Waals surface area contributed by atoms with Gasteiger partial charge in [0, 0.05) is 25.7 Å². The standard InChI is InChI=1S/C16H21F3N2O/c1-15(2,3)14-20-12-10-11(16(17,18)19)6-7-13(12)21(14)8-5-9-22-4/h6-7,10H,5,8-9H2,1-4H3. The van der Waals surface area contributed by atoms with Crippen LogP contribution in [0, 0.1) is 0 Å². The van der Waals surface area contributed by atoms with Crippen molar-refractivity contribution in [2.24, 2.45) is 0 Å². The first kappa shape index (κ1) is 16.8. The van der Waals surface area contributed by atoms with E-state index in [1.54, 1.807) is 7.11 Å². The third kappa shape index (κ3) is 3.43. The van der Waals surface area contributed by atoms with Gasteiger partial charge in [-0.15, -0.1) is 0 Å². The van der Waals surface area contributed by atoms with Gasteiger partial charge >= 0.3 is 6.18 Å². The van der Waals surface area contributed by atoms with Crippen LogP contribution in [-0.2, 0) is 22.9 Å². The summed E-state index contributed by atoms with van der Waals surface area (Å²) in [7, 11) is 1.63. The van der Waals surface area contributed by atoms with E-state index in [0.29, 0.717) is 18.7 Å². The highest BCUT2D eigenvalue weighted by Gasteiger charge is 2.31. The maximum absolute atomic E-state index is 12.9. The summed E-state index contributed by atoms with van der Waals surface area (Å²) in [4.78, 5) is 4.46. The van der Waals surface area contributed by atoms with Crippen molar-refractivity contribution in [3.8, 4) is 0 Å². The number of aryl methyl sites for hydroxylation is 1. The molecule has 122 valence electrons. The van der Waals surface area contributed by atoms with Crippen LogP contribution in [0.2, 0.25) is 0 Å². The van der Waals surface area contributed by atoms with Crippen LogP contribution in [0.1, 0.15) is 38.6 Å².